The van der Waals surface area contributed by atoms with Gasteiger partial charge in [-0.15, -0.1) is 11.3 Å². The Hall–Kier alpha value is -2.66. The van der Waals surface area contributed by atoms with Crippen molar-refractivity contribution in [3.8, 4) is 16.3 Å². The molecule has 0 fully saturated rings. The Labute approximate surface area is 170 Å². The lowest BCUT2D eigenvalue weighted by Crippen LogP contribution is -2.36. The van der Waals surface area contributed by atoms with Gasteiger partial charge in [-0.05, 0) is 37.0 Å². The topological polar surface area (TPSA) is 51.2 Å². The van der Waals surface area contributed by atoms with Crippen molar-refractivity contribution in [1.82, 2.24) is 10.3 Å². The number of ether oxygens (including phenoxy) is 1. The Balaban J connectivity index is 1.60. The summed E-state index contributed by atoms with van der Waals surface area (Å²) in [7, 11) is 0. The molecular formula is C23H26N2O2S. The monoisotopic (exact) mass is 394 g/mol. The van der Waals surface area contributed by atoms with Gasteiger partial charge >= 0.3 is 0 Å². The van der Waals surface area contributed by atoms with Crippen LogP contribution < -0.4 is 10.1 Å². The Morgan fingerprint density at radius 3 is 2.61 bits per heavy atom. The SMILES string of the molecule is Cc1ccc(C(C)C)c(O[C@H](C)C(=O)NCc2csc(-c3ccccc3)n2)c1. The highest BCUT2D eigenvalue weighted by molar-refractivity contribution is 7.13. The lowest BCUT2D eigenvalue weighted by atomic mass is 10.0. The zero-order chi connectivity index (χ0) is 20.1. The van der Waals surface area contributed by atoms with Crippen molar-refractivity contribution in [2.45, 2.75) is 46.3 Å². The Kier molecular flexibility index (Phi) is 6.47. The maximum Gasteiger partial charge on any atom is 0.261 e. The number of aryl methyl sites for hydroxylation is 1. The molecule has 1 heterocycles. The van der Waals surface area contributed by atoms with E-state index in [4.69, 9.17) is 4.74 Å². The maximum atomic E-state index is 12.5. The van der Waals surface area contributed by atoms with Crippen molar-refractivity contribution < 1.29 is 9.53 Å². The van der Waals surface area contributed by atoms with Gasteiger partial charge in [-0.2, -0.15) is 0 Å². The first-order valence-corrected chi connectivity index (χ1v) is 10.4. The van der Waals surface area contributed by atoms with E-state index in [0.29, 0.717) is 12.5 Å². The van der Waals surface area contributed by atoms with E-state index in [1.165, 1.54) is 0 Å². The van der Waals surface area contributed by atoms with Gasteiger partial charge < -0.3 is 10.1 Å². The summed E-state index contributed by atoms with van der Waals surface area (Å²) in [5.74, 6) is 0.959. The van der Waals surface area contributed by atoms with E-state index in [0.717, 1.165) is 33.1 Å². The average molecular weight is 395 g/mol. The van der Waals surface area contributed by atoms with Crippen LogP contribution in [0.25, 0.3) is 10.6 Å². The quantitative estimate of drug-likeness (QED) is 0.589. The van der Waals surface area contributed by atoms with Crippen molar-refractivity contribution in [2.24, 2.45) is 0 Å². The van der Waals surface area contributed by atoms with Crippen LogP contribution in [0.3, 0.4) is 0 Å². The molecule has 1 aromatic heterocycles. The lowest BCUT2D eigenvalue weighted by Gasteiger charge is -2.19. The van der Waals surface area contributed by atoms with E-state index in [2.05, 4.69) is 36.3 Å². The number of carbonyl (C=O) groups is 1. The van der Waals surface area contributed by atoms with Crippen molar-refractivity contribution >= 4 is 17.2 Å². The Bertz CT molecular complexity index is 935. The van der Waals surface area contributed by atoms with Gasteiger partial charge in [-0.3, -0.25) is 4.79 Å². The molecular weight excluding hydrogens is 368 g/mol. The molecule has 1 amide bonds. The molecule has 1 atom stereocenters. The molecule has 2 aromatic carbocycles. The molecule has 0 aliphatic rings. The standard InChI is InChI=1S/C23H26N2O2S/c1-15(2)20-11-10-16(3)12-21(20)27-17(4)22(26)24-13-19-14-28-23(25-19)18-8-6-5-7-9-18/h5-12,14-15,17H,13H2,1-4H3,(H,24,26)/t17-/m1/s1. The molecule has 28 heavy (non-hydrogen) atoms. The van der Waals surface area contributed by atoms with Crippen LogP contribution in [0.5, 0.6) is 5.75 Å². The second-order valence-corrected chi connectivity index (χ2v) is 8.04. The minimum absolute atomic E-state index is 0.148. The van der Waals surface area contributed by atoms with Crippen molar-refractivity contribution in [1.29, 1.82) is 0 Å². The fourth-order valence-corrected chi connectivity index (χ4v) is 3.71. The number of thiazole rings is 1. The van der Waals surface area contributed by atoms with Crippen LogP contribution in [-0.2, 0) is 11.3 Å². The summed E-state index contributed by atoms with van der Waals surface area (Å²) < 4.78 is 5.98. The second-order valence-electron chi connectivity index (χ2n) is 7.18. The van der Waals surface area contributed by atoms with E-state index < -0.39 is 6.10 Å². The third kappa shape index (κ3) is 4.98. The highest BCUT2D eigenvalue weighted by atomic mass is 32.1. The Morgan fingerprint density at radius 1 is 1.14 bits per heavy atom. The Morgan fingerprint density at radius 2 is 1.89 bits per heavy atom. The van der Waals surface area contributed by atoms with Gasteiger partial charge in [0.1, 0.15) is 10.8 Å². The third-order valence-corrected chi connectivity index (χ3v) is 5.42. The molecule has 3 aromatic rings. The third-order valence-electron chi connectivity index (χ3n) is 4.48. The fraction of sp³-hybridized carbons (Fsp3) is 0.304. The molecule has 0 bridgehead atoms. The van der Waals surface area contributed by atoms with Crippen LogP contribution in [0.1, 0.15) is 43.5 Å². The zero-order valence-corrected chi connectivity index (χ0v) is 17.5. The summed E-state index contributed by atoms with van der Waals surface area (Å²) in [4.78, 5) is 17.1. The van der Waals surface area contributed by atoms with E-state index in [-0.39, 0.29) is 5.91 Å². The molecule has 0 aliphatic heterocycles. The molecule has 0 aliphatic carbocycles. The number of carbonyl (C=O) groups excluding carboxylic acids is 1. The largest absolute Gasteiger partial charge is 0.481 e. The molecule has 3 rings (SSSR count). The fourth-order valence-electron chi connectivity index (χ4n) is 2.89. The minimum Gasteiger partial charge on any atom is -0.481 e. The number of aromatic nitrogens is 1. The van der Waals surface area contributed by atoms with Gasteiger partial charge in [0.25, 0.3) is 5.91 Å². The maximum absolute atomic E-state index is 12.5. The van der Waals surface area contributed by atoms with Gasteiger partial charge in [0.2, 0.25) is 0 Å². The predicted molar refractivity (Wildman–Crippen MR) is 115 cm³/mol. The van der Waals surface area contributed by atoms with Crippen LogP contribution in [0.4, 0.5) is 0 Å². The molecule has 0 saturated heterocycles. The zero-order valence-electron chi connectivity index (χ0n) is 16.7. The van der Waals surface area contributed by atoms with Crippen molar-refractivity contribution in [2.75, 3.05) is 0 Å². The first-order valence-electron chi connectivity index (χ1n) is 9.48. The summed E-state index contributed by atoms with van der Waals surface area (Å²) in [6, 6.07) is 16.2. The first-order chi connectivity index (χ1) is 13.4. The molecule has 0 unspecified atom stereocenters. The van der Waals surface area contributed by atoms with Crippen LogP contribution in [-0.4, -0.2) is 17.0 Å². The van der Waals surface area contributed by atoms with E-state index >= 15 is 0 Å². The summed E-state index contributed by atoms with van der Waals surface area (Å²) in [6.07, 6.45) is -0.577. The first kappa shape index (κ1) is 20.1. The van der Waals surface area contributed by atoms with Crippen molar-refractivity contribution in [3.63, 3.8) is 0 Å². The predicted octanol–water partition coefficient (Wildman–Crippen LogP) is 5.33. The molecule has 146 valence electrons. The summed E-state index contributed by atoms with van der Waals surface area (Å²) >= 11 is 1.58. The lowest BCUT2D eigenvalue weighted by molar-refractivity contribution is -0.127. The van der Waals surface area contributed by atoms with E-state index in [1.807, 2.05) is 48.7 Å². The number of rotatable bonds is 7. The van der Waals surface area contributed by atoms with Crippen molar-refractivity contribution in [3.05, 3.63) is 70.7 Å². The number of hydrogen-bond donors (Lipinski definition) is 1. The number of benzene rings is 2. The molecule has 1 N–H and O–H groups in total. The highest BCUT2D eigenvalue weighted by Gasteiger charge is 2.18. The average Bonchev–Trinajstić information content (AvgIpc) is 3.15. The number of hydrogen-bond acceptors (Lipinski definition) is 4. The van der Waals surface area contributed by atoms with Gasteiger partial charge in [0.15, 0.2) is 6.10 Å². The number of nitrogens with one attached hydrogen (secondary N) is 1. The molecule has 4 nitrogen and oxygen atoms in total. The van der Waals surface area contributed by atoms with Gasteiger partial charge in [0.05, 0.1) is 12.2 Å². The van der Waals surface area contributed by atoms with E-state index in [9.17, 15) is 4.79 Å². The van der Waals surface area contributed by atoms with E-state index in [1.54, 1.807) is 18.3 Å². The van der Waals surface area contributed by atoms with Crippen LogP contribution in [0.15, 0.2) is 53.9 Å². The van der Waals surface area contributed by atoms with Gasteiger partial charge in [0, 0.05) is 10.9 Å². The highest BCUT2D eigenvalue weighted by Crippen LogP contribution is 2.28. The summed E-state index contributed by atoms with van der Waals surface area (Å²) in [5, 5.41) is 5.86. The van der Waals surface area contributed by atoms with Gasteiger partial charge in [-0.25, -0.2) is 4.98 Å². The number of nitrogens with zero attached hydrogens (tertiary/aromatic N) is 1. The molecule has 0 spiro atoms. The smallest absolute Gasteiger partial charge is 0.261 e. The molecule has 5 heteroatoms. The van der Waals surface area contributed by atoms with Crippen LogP contribution >= 0.6 is 11.3 Å². The number of amides is 1. The summed E-state index contributed by atoms with van der Waals surface area (Å²) in [6.45, 7) is 8.43. The van der Waals surface area contributed by atoms with Crippen LogP contribution in [0.2, 0.25) is 0 Å². The van der Waals surface area contributed by atoms with Gasteiger partial charge in [-0.1, -0.05) is 56.3 Å². The molecule has 0 radical (unpaired) electrons. The normalized spacial score (nSPS) is 12.0. The minimum atomic E-state index is -0.577. The molecule has 0 saturated carbocycles. The summed E-state index contributed by atoms with van der Waals surface area (Å²) in [5.41, 5.74) is 4.16. The second kappa shape index (κ2) is 9.02. The van der Waals surface area contributed by atoms with Crippen LogP contribution in [0, 0.1) is 6.92 Å².